The van der Waals surface area contributed by atoms with Crippen LogP contribution < -0.4 is 0 Å². The molecule has 0 spiro atoms. The summed E-state index contributed by atoms with van der Waals surface area (Å²) < 4.78 is 0. The minimum absolute atomic E-state index is 0.543. The molecule has 2 nitrogen and oxygen atoms in total. The minimum Gasteiger partial charge on any atom is -0.356 e. The van der Waals surface area contributed by atoms with E-state index in [-0.39, 0.29) is 0 Å². The van der Waals surface area contributed by atoms with Gasteiger partial charge in [-0.15, -0.1) is 0 Å². The summed E-state index contributed by atoms with van der Waals surface area (Å²) in [6, 6.07) is 0.604. The number of hydrogen-bond donors (Lipinski definition) is 0. The summed E-state index contributed by atoms with van der Waals surface area (Å²) >= 11 is 0. The van der Waals surface area contributed by atoms with Gasteiger partial charge in [-0.25, -0.2) is 0 Å². The van der Waals surface area contributed by atoms with Crippen molar-refractivity contribution >= 4 is 0 Å². The second-order valence-electron chi connectivity index (χ2n) is 8.66. The Balaban J connectivity index is 1.80. The average molecular weight is 365 g/mol. The number of hydrogen-bond acceptors (Lipinski definition) is 2. The van der Waals surface area contributed by atoms with Crippen LogP contribution in [0.1, 0.15) is 124 Å². The zero-order chi connectivity index (χ0) is 19.0. The van der Waals surface area contributed by atoms with Gasteiger partial charge in [-0.1, -0.05) is 96.8 Å². The van der Waals surface area contributed by atoms with Crippen LogP contribution in [-0.2, 0) is 0 Å². The van der Waals surface area contributed by atoms with E-state index in [1.807, 2.05) is 0 Å². The van der Waals surface area contributed by atoms with Gasteiger partial charge < -0.3 is 9.80 Å². The van der Waals surface area contributed by atoms with Gasteiger partial charge in [0.2, 0.25) is 0 Å². The average Bonchev–Trinajstić information content (AvgIpc) is 2.99. The molecule has 1 rings (SSSR count). The molecular formula is C24H48N2. The fourth-order valence-corrected chi connectivity index (χ4v) is 4.11. The van der Waals surface area contributed by atoms with Crippen molar-refractivity contribution in [3.8, 4) is 0 Å². The summed E-state index contributed by atoms with van der Waals surface area (Å²) in [6.45, 7) is 10.4. The van der Waals surface area contributed by atoms with E-state index in [1.54, 1.807) is 0 Å². The van der Waals surface area contributed by atoms with E-state index < -0.39 is 0 Å². The van der Waals surface area contributed by atoms with Gasteiger partial charge in [0.25, 0.3) is 0 Å². The van der Waals surface area contributed by atoms with E-state index in [0.717, 1.165) is 0 Å². The van der Waals surface area contributed by atoms with Gasteiger partial charge in [0, 0.05) is 25.0 Å². The van der Waals surface area contributed by atoms with Crippen LogP contribution in [0.15, 0.2) is 12.4 Å². The number of rotatable bonds is 17. The molecule has 154 valence electrons. The predicted molar refractivity (Wildman–Crippen MR) is 117 cm³/mol. The van der Waals surface area contributed by atoms with Crippen molar-refractivity contribution in [3.05, 3.63) is 12.4 Å². The summed E-state index contributed by atoms with van der Waals surface area (Å²) in [4.78, 5) is 4.95. The zero-order valence-corrected chi connectivity index (χ0v) is 18.5. The molecule has 0 aromatic rings. The van der Waals surface area contributed by atoms with Gasteiger partial charge in [-0.05, 0) is 27.2 Å². The maximum absolute atomic E-state index is 2.50. The van der Waals surface area contributed by atoms with Gasteiger partial charge >= 0.3 is 0 Å². The third-order valence-electron chi connectivity index (χ3n) is 5.96. The highest BCUT2D eigenvalue weighted by atomic mass is 15.4. The molecule has 1 aliphatic heterocycles. The van der Waals surface area contributed by atoms with E-state index in [2.05, 4.69) is 49.9 Å². The van der Waals surface area contributed by atoms with Crippen molar-refractivity contribution in [1.29, 1.82) is 0 Å². The van der Waals surface area contributed by atoms with Crippen LogP contribution in [0.4, 0.5) is 0 Å². The van der Waals surface area contributed by atoms with Crippen molar-refractivity contribution in [1.82, 2.24) is 9.80 Å². The van der Waals surface area contributed by atoms with Crippen LogP contribution in [0.3, 0.4) is 0 Å². The van der Waals surface area contributed by atoms with Crippen LogP contribution in [-0.4, -0.2) is 28.6 Å². The third kappa shape index (κ3) is 10.5. The largest absolute Gasteiger partial charge is 0.356 e. The lowest BCUT2D eigenvalue weighted by Crippen LogP contribution is -2.39. The highest BCUT2D eigenvalue weighted by Gasteiger charge is 2.22. The molecule has 0 aromatic carbocycles. The van der Waals surface area contributed by atoms with Crippen LogP contribution in [0, 0.1) is 0 Å². The van der Waals surface area contributed by atoms with Crippen molar-refractivity contribution in [2.24, 2.45) is 0 Å². The third-order valence-corrected chi connectivity index (χ3v) is 5.96. The van der Waals surface area contributed by atoms with E-state index in [9.17, 15) is 0 Å². The molecule has 0 radical (unpaired) electrons. The van der Waals surface area contributed by atoms with Crippen molar-refractivity contribution in [2.45, 2.75) is 136 Å². The summed E-state index contributed by atoms with van der Waals surface area (Å²) in [5, 5.41) is 0. The van der Waals surface area contributed by atoms with Gasteiger partial charge in [0.05, 0.1) is 6.17 Å². The molecule has 0 saturated heterocycles. The maximum Gasteiger partial charge on any atom is 0.0980 e. The zero-order valence-electron chi connectivity index (χ0n) is 18.5. The second-order valence-corrected chi connectivity index (χ2v) is 8.66. The fraction of sp³-hybridized carbons (Fsp3) is 0.917. The summed E-state index contributed by atoms with van der Waals surface area (Å²) in [6.07, 6.45) is 26.7. The molecule has 1 aliphatic rings. The smallest absolute Gasteiger partial charge is 0.0980 e. The van der Waals surface area contributed by atoms with Crippen molar-refractivity contribution in [2.75, 3.05) is 6.54 Å². The van der Waals surface area contributed by atoms with Crippen molar-refractivity contribution < 1.29 is 0 Å². The molecule has 1 unspecified atom stereocenters. The normalized spacial score (nSPS) is 17.0. The molecule has 0 aromatic heterocycles. The highest BCUT2D eigenvalue weighted by molar-refractivity contribution is 4.96. The van der Waals surface area contributed by atoms with Crippen LogP contribution in [0.2, 0.25) is 0 Å². The topological polar surface area (TPSA) is 6.48 Å². The Labute approximate surface area is 165 Å². The SMILES string of the molecule is CCCCCCCCCCCCCCCCCN1C=CN(C(C)C)C1C. The second kappa shape index (κ2) is 15.4. The molecule has 0 aliphatic carbocycles. The van der Waals surface area contributed by atoms with Crippen molar-refractivity contribution in [3.63, 3.8) is 0 Å². The lowest BCUT2D eigenvalue weighted by atomic mass is 10.0. The standard InChI is InChI=1S/C24H48N2/c1-5-6-7-8-9-10-11-12-13-14-15-16-17-18-19-20-25-21-22-26(23(2)3)24(25)4/h21-24H,5-20H2,1-4H3. The maximum atomic E-state index is 2.50. The lowest BCUT2D eigenvalue weighted by Gasteiger charge is -2.32. The Morgan fingerprint density at radius 3 is 1.46 bits per heavy atom. The Bertz CT molecular complexity index is 337. The molecule has 26 heavy (non-hydrogen) atoms. The van der Waals surface area contributed by atoms with Crippen LogP contribution in [0.25, 0.3) is 0 Å². The predicted octanol–water partition coefficient (Wildman–Crippen LogP) is 7.70. The fourth-order valence-electron chi connectivity index (χ4n) is 4.11. The number of unbranched alkanes of at least 4 members (excludes halogenated alkanes) is 14. The Kier molecular flexibility index (Phi) is 13.9. The van der Waals surface area contributed by atoms with Gasteiger partial charge in [-0.2, -0.15) is 0 Å². The molecule has 0 bridgehead atoms. The Hall–Kier alpha value is -0.660. The quantitative estimate of drug-likeness (QED) is 0.244. The highest BCUT2D eigenvalue weighted by Crippen LogP contribution is 2.19. The van der Waals surface area contributed by atoms with E-state index >= 15 is 0 Å². The Morgan fingerprint density at radius 1 is 0.654 bits per heavy atom. The first-order valence-electron chi connectivity index (χ1n) is 11.9. The summed E-state index contributed by atoms with van der Waals surface area (Å²) in [5.41, 5.74) is 0. The molecule has 1 heterocycles. The van der Waals surface area contributed by atoms with E-state index in [0.29, 0.717) is 12.2 Å². The van der Waals surface area contributed by atoms with Crippen LogP contribution in [0.5, 0.6) is 0 Å². The van der Waals surface area contributed by atoms with Crippen LogP contribution >= 0.6 is 0 Å². The molecule has 2 heteroatoms. The van der Waals surface area contributed by atoms with Gasteiger partial charge in [0.15, 0.2) is 0 Å². The van der Waals surface area contributed by atoms with E-state index in [4.69, 9.17) is 0 Å². The molecular weight excluding hydrogens is 316 g/mol. The molecule has 0 fully saturated rings. The molecule has 0 amide bonds. The minimum atomic E-state index is 0.543. The summed E-state index contributed by atoms with van der Waals surface area (Å²) in [7, 11) is 0. The van der Waals surface area contributed by atoms with Gasteiger partial charge in [0.1, 0.15) is 0 Å². The first-order chi connectivity index (χ1) is 12.7. The monoisotopic (exact) mass is 364 g/mol. The first kappa shape index (κ1) is 23.4. The van der Waals surface area contributed by atoms with E-state index in [1.165, 1.54) is 103 Å². The Morgan fingerprint density at radius 2 is 1.08 bits per heavy atom. The first-order valence-corrected chi connectivity index (χ1v) is 11.9. The molecule has 1 atom stereocenters. The summed E-state index contributed by atoms with van der Waals surface area (Å²) in [5.74, 6) is 0. The van der Waals surface area contributed by atoms with Gasteiger partial charge in [-0.3, -0.25) is 0 Å². The number of nitrogens with zero attached hydrogens (tertiary/aromatic N) is 2. The lowest BCUT2D eigenvalue weighted by molar-refractivity contribution is 0.141. The molecule has 0 N–H and O–H groups in total. The molecule has 0 saturated carbocycles.